The van der Waals surface area contributed by atoms with Crippen LogP contribution >= 0.6 is 15.9 Å². The number of hydrogen-bond donors (Lipinski definition) is 1. The molecule has 2 rings (SSSR count). The maximum Gasteiger partial charge on any atom is 0.161 e. The van der Waals surface area contributed by atoms with Gasteiger partial charge < -0.3 is 15.2 Å². The van der Waals surface area contributed by atoms with Crippen molar-refractivity contribution in [3.8, 4) is 11.5 Å². The van der Waals surface area contributed by atoms with Gasteiger partial charge in [-0.25, -0.2) is 0 Å². The van der Waals surface area contributed by atoms with Crippen LogP contribution < -0.4 is 15.2 Å². The van der Waals surface area contributed by atoms with Crippen LogP contribution in [-0.2, 0) is 6.61 Å². The van der Waals surface area contributed by atoms with E-state index in [9.17, 15) is 0 Å². The summed E-state index contributed by atoms with van der Waals surface area (Å²) in [7, 11) is 0. The van der Waals surface area contributed by atoms with E-state index in [-0.39, 0.29) is 0 Å². The minimum Gasteiger partial charge on any atom is -0.490 e. The van der Waals surface area contributed by atoms with Gasteiger partial charge in [0.05, 0.1) is 6.61 Å². The van der Waals surface area contributed by atoms with E-state index in [2.05, 4.69) is 15.9 Å². The summed E-state index contributed by atoms with van der Waals surface area (Å²) in [5, 5.41) is 0. The first-order valence-corrected chi connectivity index (χ1v) is 6.88. The number of para-hydroxylation sites is 2. The summed E-state index contributed by atoms with van der Waals surface area (Å²) in [6.45, 7) is 3.03. The number of nitrogen functional groups attached to an aromatic ring is 1. The third-order valence-corrected chi connectivity index (χ3v) is 3.35. The zero-order valence-electron chi connectivity index (χ0n) is 10.7. The number of anilines is 1. The molecule has 100 valence electrons. The van der Waals surface area contributed by atoms with Crippen molar-refractivity contribution in [2.24, 2.45) is 0 Å². The lowest BCUT2D eigenvalue weighted by Gasteiger charge is -2.12. The molecule has 0 saturated heterocycles. The van der Waals surface area contributed by atoms with E-state index in [0.717, 1.165) is 27.2 Å². The molecule has 0 fully saturated rings. The minimum absolute atomic E-state index is 0.463. The highest BCUT2D eigenvalue weighted by Crippen LogP contribution is 2.28. The van der Waals surface area contributed by atoms with Gasteiger partial charge in [-0.2, -0.15) is 0 Å². The predicted octanol–water partition coefficient (Wildman–Crippen LogP) is 4.01. The van der Waals surface area contributed by atoms with Crippen molar-refractivity contribution in [3.63, 3.8) is 0 Å². The summed E-state index contributed by atoms with van der Waals surface area (Å²) < 4.78 is 12.3. The Hall–Kier alpha value is -1.68. The van der Waals surface area contributed by atoms with Gasteiger partial charge in [-0.15, -0.1) is 0 Å². The number of nitrogens with two attached hydrogens (primary N) is 1. The highest BCUT2D eigenvalue weighted by atomic mass is 79.9. The van der Waals surface area contributed by atoms with Gasteiger partial charge in [0.1, 0.15) is 6.61 Å². The molecule has 0 aliphatic rings. The normalized spacial score (nSPS) is 10.2. The van der Waals surface area contributed by atoms with Crippen LogP contribution in [0, 0.1) is 0 Å². The maximum atomic E-state index is 5.80. The van der Waals surface area contributed by atoms with Crippen molar-refractivity contribution < 1.29 is 9.47 Å². The van der Waals surface area contributed by atoms with Gasteiger partial charge in [0.25, 0.3) is 0 Å². The number of hydrogen-bond acceptors (Lipinski definition) is 3. The molecular formula is C15H16BrNO2. The predicted molar refractivity (Wildman–Crippen MR) is 80.5 cm³/mol. The standard InChI is InChI=1S/C15H16BrNO2/c1-2-18-14-5-3-4-6-15(14)19-10-11-7-8-12(17)9-13(11)16/h3-9H,2,10,17H2,1H3. The van der Waals surface area contributed by atoms with Crippen LogP contribution in [0.2, 0.25) is 0 Å². The number of benzene rings is 2. The molecule has 0 amide bonds. The van der Waals surface area contributed by atoms with Gasteiger partial charge in [-0.05, 0) is 31.2 Å². The summed E-state index contributed by atoms with van der Waals surface area (Å²) in [6, 6.07) is 13.3. The second-order valence-corrected chi connectivity index (χ2v) is 4.87. The Morgan fingerprint density at radius 1 is 1.05 bits per heavy atom. The van der Waals surface area contributed by atoms with Crippen LogP contribution in [0.1, 0.15) is 12.5 Å². The van der Waals surface area contributed by atoms with Crippen molar-refractivity contribution in [1.82, 2.24) is 0 Å². The molecule has 0 aromatic heterocycles. The lowest BCUT2D eigenvalue weighted by atomic mass is 10.2. The van der Waals surface area contributed by atoms with Gasteiger partial charge in [0.2, 0.25) is 0 Å². The van der Waals surface area contributed by atoms with Crippen molar-refractivity contribution in [3.05, 3.63) is 52.5 Å². The van der Waals surface area contributed by atoms with Crippen molar-refractivity contribution >= 4 is 21.6 Å². The molecule has 0 unspecified atom stereocenters. The maximum absolute atomic E-state index is 5.80. The molecule has 19 heavy (non-hydrogen) atoms. The minimum atomic E-state index is 0.463. The van der Waals surface area contributed by atoms with E-state index in [0.29, 0.717) is 13.2 Å². The van der Waals surface area contributed by atoms with E-state index < -0.39 is 0 Å². The molecule has 0 bridgehead atoms. The Labute approximate surface area is 121 Å². The number of ether oxygens (including phenoxy) is 2. The molecule has 0 spiro atoms. The van der Waals surface area contributed by atoms with Gasteiger partial charge >= 0.3 is 0 Å². The van der Waals surface area contributed by atoms with E-state index >= 15 is 0 Å². The first-order valence-electron chi connectivity index (χ1n) is 6.09. The summed E-state index contributed by atoms with van der Waals surface area (Å²) in [5.41, 5.74) is 7.48. The van der Waals surface area contributed by atoms with E-state index in [1.54, 1.807) is 0 Å². The first kappa shape index (κ1) is 13.7. The topological polar surface area (TPSA) is 44.5 Å². The number of halogens is 1. The van der Waals surface area contributed by atoms with Crippen LogP contribution in [0.5, 0.6) is 11.5 Å². The van der Waals surface area contributed by atoms with Gasteiger partial charge in [0, 0.05) is 15.7 Å². The van der Waals surface area contributed by atoms with Crippen LogP contribution in [-0.4, -0.2) is 6.61 Å². The Morgan fingerprint density at radius 2 is 1.74 bits per heavy atom. The average molecular weight is 322 g/mol. The van der Waals surface area contributed by atoms with Gasteiger partial charge in [-0.3, -0.25) is 0 Å². The smallest absolute Gasteiger partial charge is 0.161 e. The van der Waals surface area contributed by atoms with Crippen molar-refractivity contribution in [1.29, 1.82) is 0 Å². The first-order chi connectivity index (χ1) is 9.20. The third kappa shape index (κ3) is 3.64. The highest BCUT2D eigenvalue weighted by Gasteiger charge is 2.06. The Bertz CT molecular complexity index is 558. The van der Waals surface area contributed by atoms with Crippen molar-refractivity contribution in [2.75, 3.05) is 12.3 Å². The second-order valence-electron chi connectivity index (χ2n) is 4.02. The largest absolute Gasteiger partial charge is 0.490 e. The lowest BCUT2D eigenvalue weighted by molar-refractivity contribution is 0.269. The van der Waals surface area contributed by atoms with Crippen LogP contribution in [0.25, 0.3) is 0 Å². The lowest BCUT2D eigenvalue weighted by Crippen LogP contribution is -2.00. The molecule has 0 heterocycles. The molecular weight excluding hydrogens is 306 g/mol. The molecule has 4 heteroatoms. The average Bonchev–Trinajstić information content (AvgIpc) is 2.40. The second kappa shape index (κ2) is 6.48. The van der Waals surface area contributed by atoms with E-state index in [4.69, 9.17) is 15.2 Å². The quantitative estimate of drug-likeness (QED) is 0.846. The monoisotopic (exact) mass is 321 g/mol. The zero-order chi connectivity index (χ0) is 13.7. The molecule has 0 aliphatic carbocycles. The van der Waals surface area contributed by atoms with Gasteiger partial charge in [-0.1, -0.05) is 34.1 Å². The molecule has 3 nitrogen and oxygen atoms in total. The summed E-state index contributed by atoms with van der Waals surface area (Å²) >= 11 is 3.48. The molecule has 0 saturated carbocycles. The SMILES string of the molecule is CCOc1ccccc1OCc1ccc(N)cc1Br. The fourth-order valence-electron chi connectivity index (χ4n) is 1.68. The number of rotatable bonds is 5. The fraction of sp³-hybridized carbons (Fsp3) is 0.200. The van der Waals surface area contributed by atoms with Crippen LogP contribution in [0.4, 0.5) is 5.69 Å². The summed E-state index contributed by atoms with van der Waals surface area (Å²) in [5.74, 6) is 1.50. The Morgan fingerprint density at radius 3 is 2.37 bits per heavy atom. The Balaban J connectivity index is 2.10. The van der Waals surface area contributed by atoms with Crippen LogP contribution in [0.15, 0.2) is 46.9 Å². The Kier molecular flexibility index (Phi) is 4.68. The molecule has 0 radical (unpaired) electrons. The summed E-state index contributed by atoms with van der Waals surface area (Å²) in [4.78, 5) is 0. The molecule has 2 N–H and O–H groups in total. The zero-order valence-corrected chi connectivity index (χ0v) is 12.3. The van der Waals surface area contributed by atoms with Crippen LogP contribution in [0.3, 0.4) is 0 Å². The molecule has 2 aromatic carbocycles. The fourth-order valence-corrected chi connectivity index (χ4v) is 2.19. The molecule has 0 aliphatic heterocycles. The highest BCUT2D eigenvalue weighted by molar-refractivity contribution is 9.10. The van der Waals surface area contributed by atoms with E-state index in [1.807, 2.05) is 49.4 Å². The van der Waals surface area contributed by atoms with Gasteiger partial charge in [0.15, 0.2) is 11.5 Å². The van der Waals surface area contributed by atoms with E-state index in [1.165, 1.54) is 0 Å². The van der Waals surface area contributed by atoms with Crippen molar-refractivity contribution in [2.45, 2.75) is 13.5 Å². The molecule has 0 atom stereocenters. The summed E-state index contributed by atoms with van der Waals surface area (Å²) in [6.07, 6.45) is 0. The molecule has 2 aromatic rings. The third-order valence-electron chi connectivity index (χ3n) is 2.61.